The fraction of sp³-hybridized carbons (Fsp3) is 0.316. The number of hydrogen-bond acceptors (Lipinski definition) is 2. The van der Waals surface area contributed by atoms with Gasteiger partial charge in [0.1, 0.15) is 5.75 Å². The van der Waals surface area contributed by atoms with Gasteiger partial charge in [-0.3, -0.25) is 4.79 Å². The second-order valence-corrected chi connectivity index (χ2v) is 5.72. The van der Waals surface area contributed by atoms with Crippen LogP contribution in [0.4, 0.5) is 0 Å². The minimum absolute atomic E-state index is 0.0350. The topological polar surface area (TPSA) is 38.3 Å². The summed E-state index contributed by atoms with van der Waals surface area (Å²) in [6, 6.07) is 15.8. The van der Waals surface area contributed by atoms with Gasteiger partial charge in [-0.25, -0.2) is 0 Å². The Hall–Kier alpha value is -2.29. The fourth-order valence-electron chi connectivity index (χ4n) is 2.38. The number of carbonyl (C=O) groups is 1. The molecule has 0 fully saturated rings. The maximum atomic E-state index is 11.8. The number of aryl methyl sites for hydroxylation is 1. The number of rotatable bonds is 6. The third kappa shape index (κ3) is 4.62. The standard InChI is InChI=1S/C19H23NO2/c1-14(2)18-10-9-17(11-15(18)3)22-13-19(21)20-12-16-7-5-4-6-8-16/h4-11,14H,12-13H2,1-3H3,(H,20,21). The molecule has 3 nitrogen and oxygen atoms in total. The van der Waals surface area contributed by atoms with E-state index in [1.807, 2.05) is 42.5 Å². The van der Waals surface area contributed by atoms with Crippen molar-refractivity contribution in [3.8, 4) is 5.75 Å². The summed E-state index contributed by atoms with van der Waals surface area (Å²) in [5.74, 6) is 1.11. The summed E-state index contributed by atoms with van der Waals surface area (Å²) in [4.78, 5) is 11.8. The van der Waals surface area contributed by atoms with Crippen molar-refractivity contribution in [1.29, 1.82) is 0 Å². The first kappa shape index (κ1) is 16.1. The smallest absolute Gasteiger partial charge is 0.258 e. The Labute approximate surface area is 132 Å². The minimum Gasteiger partial charge on any atom is -0.484 e. The van der Waals surface area contributed by atoms with Crippen LogP contribution in [0.25, 0.3) is 0 Å². The molecule has 2 aromatic rings. The van der Waals surface area contributed by atoms with Crippen molar-refractivity contribution in [3.05, 3.63) is 65.2 Å². The minimum atomic E-state index is -0.116. The average Bonchev–Trinajstić information content (AvgIpc) is 2.51. The molecule has 0 aromatic heterocycles. The molecule has 0 unspecified atom stereocenters. The maximum Gasteiger partial charge on any atom is 0.258 e. The molecule has 0 saturated carbocycles. The number of ether oxygens (including phenoxy) is 1. The Kier molecular flexibility index (Phi) is 5.59. The molecule has 0 aliphatic carbocycles. The van der Waals surface area contributed by atoms with E-state index in [1.165, 1.54) is 11.1 Å². The van der Waals surface area contributed by atoms with Crippen LogP contribution in [0.15, 0.2) is 48.5 Å². The number of hydrogen-bond donors (Lipinski definition) is 1. The van der Waals surface area contributed by atoms with Crippen LogP contribution in [-0.2, 0) is 11.3 Å². The lowest BCUT2D eigenvalue weighted by Gasteiger charge is -2.12. The number of nitrogens with one attached hydrogen (secondary N) is 1. The van der Waals surface area contributed by atoms with Gasteiger partial charge in [0, 0.05) is 6.54 Å². The molecule has 0 bridgehead atoms. The second kappa shape index (κ2) is 7.64. The summed E-state index contributed by atoms with van der Waals surface area (Å²) < 4.78 is 5.56. The molecule has 22 heavy (non-hydrogen) atoms. The quantitative estimate of drug-likeness (QED) is 0.880. The van der Waals surface area contributed by atoms with E-state index in [-0.39, 0.29) is 12.5 Å². The zero-order valence-corrected chi connectivity index (χ0v) is 13.4. The van der Waals surface area contributed by atoms with Gasteiger partial charge in [0.25, 0.3) is 5.91 Å². The highest BCUT2D eigenvalue weighted by Crippen LogP contribution is 2.23. The van der Waals surface area contributed by atoms with Gasteiger partial charge in [0.2, 0.25) is 0 Å². The van der Waals surface area contributed by atoms with Crippen LogP contribution in [0.2, 0.25) is 0 Å². The van der Waals surface area contributed by atoms with Crippen LogP contribution in [-0.4, -0.2) is 12.5 Å². The highest BCUT2D eigenvalue weighted by molar-refractivity contribution is 5.77. The summed E-state index contributed by atoms with van der Waals surface area (Å²) in [6.07, 6.45) is 0. The number of benzene rings is 2. The van der Waals surface area contributed by atoms with Crippen LogP contribution in [0.1, 0.15) is 36.5 Å². The van der Waals surface area contributed by atoms with E-state index in [2.05, 4.69) is 32.2 Å². The van der Waals surface area contributed by atoms with E-state index in [4.69, 9.17) is 4.74 Å². The number of carbonyl (C=O) groups excluding carboxylic acids is 1. The van der Waals surface area contributed by atoms with E-state index in [1.54, 1.807) is 0 Å². The average molecular weight is 297 g/mol. The van der Waals surface area contributed by atoms with Gasteiger partial charge >= 0.3 is 0 Å². The highest BCUT2D eigenvalue weighted by atomic mass is 16.5. The van der Waals surface area contributed by atoms with Gasteiger partial charge in [0.05, 0.1) is 0 Å². The molecular weight excluding hydrogens is 274 g/mol. The van der Waals surface area contributed by atoms with Crippen molar-refractivity contribution in [1.82, 2.24) is 5.32 Å². The Bertz CT molecular complexity index is 621. The molecule has 0 aliphatic rings. The van der Waals surface area contributed by atoms with Crippen LogP contribution in [0, 0.1) is 6.92 Å². The molecule has 0 radical (unpaired) electrons. The van der Waals surface area contributed by atoms with Crippen molar-refractivity contribution in [2.75, 3.05) is 6.61 Å². The second-order valence-electron chi connectivity index (χ2n) is 5.72. The van der Waals surface area contributed by atoms with Crippen molar-refractivity contribution >= 4 is 5.91 Å². The zero-order chi connectivity index (χ0) is 15.9. The third-order valence-corrected chi connectivity index (χ3v) is 3.57. The van der Waals surface area contributed by atoms with E-state index >= 15 is 0 Å². The first-order valence-corrected chi connectivity index (χ1v) is 7.60. The van der Waals surface area contributed by atoms with Gasteiger partial charge in [-0.2, -0.15) is 0 Å². The summed E-state index contributed by atoms with van der Waals surface area (Å²) in [5.41, 5.74) is 3.58. The van der Waals surface area contributed by atoms with Crippen molar-refractivity contribution in [3.63, 3.8) is 0 Å². The Morgan fingerprint density at radius 3 is 2.50 bits per heavy atom. The molecule has 1 amide bonds. The van der Waals surface area contributed by atoms with Crippen LogP contribution in [0.5, 0.6) is 5.75 Å². The molecule has 0 aliphatic heterocycles. The largest absolute Gasteiger partial charge is 0.484 e. The molecule has 1 N–H and O–H groups in total. The Morgan fingerprint density at radius 1 is 1.14 bits per heavy atom. The van der Waals surface area contributed by atoms with Gasteiger partial charge < -0.3 is 10.1 Å². The van der Waals surface area contributed by atoms with E-state index in [0.29, 0.717) is 12.5 Å². The summed E-state index contributed by atoms with van der Waals surface area (Å²) in [7, 11) is 0. The van der Waals surface area contributed by atoms with E-state index < -0.39 is 0 Å². The van der Waals surface area contributed by atoms with Gasteiger partial charge in [-0.05, 0) is 41.7 Å². The van der Waals surface area contributed by atoms with Gasteiger partial charge in [-0.15, -0.1) is 0 Å². The summed E-state index contributed by atoms with van der Waals surface area (Å²) >= 11 is 0. The molecule has 0 atom stereocenters. The SMILES string of the molecule is Cc1cc(OCC(=O)NCc2ccccc2)ccc1C(C)C. The van der Waals surface area contributed by atoms with Crippen molar-refractivity contribution in [2.24, 2.45) is 0 Å². The monoisotopic (exact) mass is 297 g/mol. The highest BCUT2D eigenvalue weighted by Gasteiger charge is 2.06. The molecule has 2 aromatic carbocycles. The first-order chi connectivity index (χ1) is 10.6. The number of amides is 1. The molecule has 0 saturated heterocycles. The van der Waals surface area contributed by atoms with E-state index in [0.717, 1.165) is 11.3 Å². The Balaban J connectivity index is 1.82. The zero-order valence-electron chi connectivity index (χ0n) is 13.4. The summed E-state index contributed by atoms with van der Waals surface area (Å²) in [6.45, 7) is 6.96. The molecule has 3 heteroatoms. The predicted molar refractivity (Wildman–Crippen MR) is 89.1 cm³/mol. The normalized spacial score (nSPS) is 10.5. The first-order valence-electron chi connectivity index (χ1n) is 7.60. The van der Waals surface area contributed by atoms with Crippen molar-refractivity contribution in [2.45, 2.75) is 33.2 Å². The lowest BCUT2D eigenvalue weighted by atomic mass is 9.98. The van der Waals surface area contributed by atoms with Gasteiger partial charge in [0.15, 0.2) is 6.61 Å². The van der Waals surface area contributed by atoms with Crippen LogP contribution in [0.3, 0.4) is 0 Å². The third-order valence-electron chi connectivity index (χ3n) is 3.57. The predicted octanol–water partition coefficient (Wildman–Crippen LogP) is 3.81. The lowest BCUT2D eigenvalue weighted by molar-refractivity contribution is -0.123. The van der Waals surface area contributed by atoms with Crippen LogP contribution < -0.4 is 10.1 Å². The Morgan fingerprint density at radius 2 is 1.86 bits per heavy atom. The summed E-state index contributed by atoms with van der Waals surface area (Å²) in [5, 5.41) is 2.85. The van der Waals surface area contributed by atoms with Crippen LogP contribution >= 0.6 is 0 Å². The van der Waals surface area contributed by atoms with E-state index in [9.17, 15) is 4.79 Å². The molecule has 0 heterocycles. The molecule has 0 spiro atoms. The molecule has 116 valence electrons. The molecule has 2 rings (SSSR count). The fourth-order valence-corrected chi connectivity index (χ4v) is 2.38. The maximum absolute atomic E-state index is 11.8. The van der Waals surface area contributed by atoms with Gasteiger partial charge in [-0.1, -0.05) is 50.2 Å². The van der Waals surface area contributed by atoms with Crippen molar-refractivity contribution < 1.29 is 9.53 Å². The lowest BCUT2D eigenvalue weighted by Crippen LogP contribution is -2.28. The molecular formula is C19H23NO2.